The van der Waals surface area contributed by atoms with Crippen molar-refractivity contribution in [3.05, 3.63) is 34.5 Å². The van der Waals surface area contributed by atoms with Gasteiger partial charge in [0.1, 0.15) is 11.9 Å². The Bertz CT molecular complexity index is 736. The molecule has 0 bridgehead atoms. The summed E-state index contributed by atoms with van der Waals surface area (Å²) in [7, 11) is 0.916. The predicted octanol–water partition coefficient (Wildman–Crippen LogP) is 3.94. The molecule has 0 aliphatic carbocycles. The molecule has 21 heavy (non-hydrogen) atoms. The maximum Gasteiger partial charge on any atom is 0.416 e. The Morgan fingerprint density at radius 2 is 2.10 bits per heavy atom. The third-order valence-electron chi connectivity index (χ3n) is 2.58. The Kier molecular flexibility index (Phi) is 4.32. The van der Waals surface area contributed by atoms with Crippen molar-refractivity contribution < 1.29 is 13.2 Å². The minimum absolute atomic E-state index is 0.0171. The van der Waals surface area contributed by atoms with Crippen LogP contribution in [0.3, 0.4) is 0 Å². The highest BCUT2D eigenvalue weighted by molar-refractivity contribution is 8.68. The molecule has 2 N–H and O–H groups in total. The number of hydrogen-bond donors (Lipinski definition) is 2. The van der Waals surface area contributed by atoms with E-state index in [1.807, 2.05) is 6.07 Å². The van der Waals surface area contributed by atoms with E-state index in [0.29, 0.717) is 4.90 Å². The van der Waals surface area contributed by atoms with Crippen molar-refractivity contribution in [1.29, 1.82) is 5.26 Å². The third-order valence-corrected chi connectivity index (χ3v) is 4.01. The number of anilines is 1. The first-order valence-electron chi connectivity index (χ1n) is 5.26. The fourth-order valence-corrected chi connectivity index (χ4v) is 2.77. The number of alkyl halides is 3. The molecule has 0 spiro atoms. The number of aromatic nitrogens is 2. The number of halogens is 4. The highest BCUT2D eigenvalue weighted by atomic mass is 35.5. The number of nitrogens with zero attached hydrogens (tertiary/aromatic N) is 3. The first kappa shape index (κ1) is 15.9. The number of benzene rings is 1. The Balaban J connectivity index is 2.59. The molecular formula is C11H6ClF3N4S2. The second-order valence-corrected chi connectivity index (χ2v) is 5.39. The van der Waals surface area contributed by atoms with E-state index in [-0.39, 0.29) is 22.2 Å². The van der Waals surface area contributed by atoms with E-state index in [1.165, 1.54) is 0 Å². The molecule has 0 saturated heterocycles. The second kappa shape index (κ2) is 5.71. The zero-order chi connectivity index (χ0) is 15.8. The van der Waals surface area contributed by atoms with E-state index in [2.05, 4.69) is 16.8 Å². The standard InChI is InChI=1S/C11H6ClF3N4S2/c12-6-3-5(11(13,14)15)1-2-8(6)19-10(17)9(21-20)7(4-16)18-19/h1-3,20H,17H2. The van der Waals surface area contributed by atoms with E-state index in [1.54, 1.807) is 0 Å². The maximum absolute atomic E-state index is 12.6. The first-order chi connectivity index (χ1) is 9.79. The molecule has 0 saturated carbocycles. The Morgan fingerprint density at radius 1 is 1.43 bits per heavy atom. The Labute approximate surface area is 131 Å². The predicted molar refractivity (Wildman–Crippen MR) is 77.5 cm³/mol. The molecule has 0 atom stereocenters. The number of rotatable bonds is 2. The topological polar surface area (TPSA) is 67.6 Å². The van der Waals surface area contributed by atoms with Crippen molar-refractivity contribution in [1.82, 2.24) is 9.78 Å². The average Bonchev–Trinajstić information content (AvgIpc) is 2.73. The van der Waals surface area contributed by atoms with Crippen LogP contribution in [0, 0.1) is 11.3 Å². The summed E-state index contributed by atoms with van der Waals surface area (Å²) < 4.78 is 38.9. The van der Waals surface area contributed by atoms with Crippen LogP contribution in [-0.2, 0) is 6.18 Å². The van der Waals surface area contributed by atoms with E-state index in [0.717, 1.165) is 33.7 Å². The minimum atomic E-state index is -4.50. The summed E-state index contributed by atoms with van der Waals surface area (Å²) in [4.78, 5) is 0.316. The fourth-order valence-electron chi connectivity index (χ4n) is 1.62. The van der Waals surface area contributed by atoms with Crippen molar-refractivity contribution >= 4 is 39.9 Å². The normalized spacial score (nSPS) is 11.4. The van der Waals surface area contributed by atoms with E-state index >= 15 is 0 Å². The minimum Gasteiger partial charge on any atom is -0.383 e. The van der Waals surface area contributed by atoms with Gasteiger partial charge in [-0.05, 0) is 18.2 Å². The monoisotopic (exact) mass is 350 g/mol. The Hall–Kier alpha value is -1.50. The summed E-state index contributed by atoms with van der Waals surface area (Å²) in [6, 6.07) is 4.61. The van der Waals surface area contributed by atoms with Gasteiger partial charge in [-0.2, -0.15) is 23.5 Å². The molecule has 0 fully saturated rings. The van der Waals surface area contributed by atoms with Crippen LogP contribution in [0.15, 0.2) is 23.1 Å². The lowest BCUT2D eigenvalue weighted by molar-refractivity contribution is -0.137. The van der Waals surface area contributed by atoms with Gasteiger partial charge in [-0.1, -0.05) is 22.4 Å². The van der Waals surface area contributed by atoms with Crippen LogP contribution >= 0.6 is 34.1 Å². The molecule has 0 amide bonds. The molecule has 0 radical (unpaired) electrons. The van der Waals surface area contributed by atoms with Gasteiger partial charge in [-0.25, -0.2) is 4.68 Å². The summed E-state index contributed by atoms with van der Waals surface area (Å²) in [6.07, 6.45) is -4.50. The van der Waals surface area contributed by atoms with E-state index in [4.69, 9.17) is 22.6 Å². The fraction of sp³-hybridized carbons (Fsp3) is 0.0909. The number of thiol groups is 1. The van der Waals surface area contributed by atoms with Crippen molar-refractivity contribution in [2.24, 2.45) is 0 Å². The zero-order valence-electron chi connectivity index (χ0n) is 10.0. The van der Waals surface area contributed by atoms with Gasteiger partial charge >= 0.3 is 6.18 Å². The van der Waals surface area contributed by atoms with Crippen LogP contribution in [-0.4, -0.2) is 9.78 Å². The third kappa shape index (κ3) is 2.92. The SMILES string of the molecule is N#Cc1nn(-c2ccc(C(F)(F)F)cc2Cl)c(N)c1SS. The van der Waals surface area contributed by atoms with Crippen LogP contribution in [0.2, 0.25) is 5.02 Å². The summed E-state index contributed by atoms with van der Waals surface area (Å²) >= 11 is 9.82. The lowest BCUT2D eigenvalue weighted by Crippen LogP contribution is -2.07. The van der Waals surface area contributed by atoms with Crippen LogP contribution in [0.1, 0.15) is 11.3 Å². The van der Waals surface area contributed by atoms with Gasteiger partial charge in [-0.15, -0.1) is 11.7 Å². The van der Waals surface area contributed by atoms with Crippen molar-refractivity contribution in [3.8, 4) is 11.8 Å². The smallest absolute Gasteiger partial charge is 0.383 e. The highest BCUT2D eigenvalue weighted by Gasteiger charge is 2.31. The molecule has 2 rings (SSSR count). The van der Waals surface area contributed by atoms with Gasteiger partial charge < -0.3 is 5.73 Å². The largest absolute Gasteiger partial charge is 0.416 e. The zero-order valence-corrected chi connectivity index (χ0v) is 12.5. The van der Waals surface area contributed by atoms with Gasteiger partial charge in [0.05, 0.1) is 21.2 Å². The summed E-state index contributed by atoms with van der Waals surface area (Å²) in [6.45, 7) is 0. The van der Waals surface area contributed by atoms with Crippen LogP contribution < -0.4 is 5.73 Å². The summed E-state index contributed by atoms with van der Waals surface area (Å²) in [5, 5.41) is 12.7. The summed E-state index contributed by atoms with van der Waals surface area (Å²) in [5.41, 5.74) is 5.09. The summed E-state index contributed by atoms with van der Waals surface area (Å²) in [5.74, 6) is 0.0770. The number of nitriles is 1. The molecule has 10 heteroatoms. The van der Waals surface area contributed by atoms with E-state index < -0.39 is 11.7 Å². The van der Waals surface area contributed by atoms with Crippen molar-refractivity contribution in [3.63, 3.8) is 0 Å². The molecule has 0 aliphatic rings. The second-order valence-electron chi connectivity index (χ2n) is 3.84. The molecule has 4 nitrogen and oxygen atoms in total. The lowest BCUT2D eigenvalue weighted by Gasteiger charge is -2.10. The lowest BCUT2D eigenvalue weighted by atomic mass is 10.2. The van der Waals surface area contributed by atoms with Crippen LogP contribution in [0.4, 0.5) is 19.0 Å². The van der Waals surface area contributed by atoms with Gasteiger partial charge in [0.15, 0.2) is 5.69 Å². The quantitative estimate of drug-likeness (QED) is 0.636. The number of nitrogens with two attached hydrogens (primary N) is 1. The van der Waals surface area contributed by atoms with Crippen molar-refractivity contribution in [2.45, 2.75) is 11.1 Å². The molecule has 0 unspecified atom stereocenters. The molecule has 1 aromatic carbocycles. The highest BCUT2D eigenvalue weighted by Crippen LogP contribution is 2.36. The molecule has 1 heterocycles. The Morgan fingerprint density at radius 3 is 2.52 bits per heavy atom. The van der Waals surface area contributed by atoms with Crippen LogP contribution in [0.25, 0.3) is 5.69 Å². The van der Waals surface area contributed by atoms with E-state index in [9.17, 15) is 13.2 Å². The van der Waals surface area contributed by atoms with Gasteiger partial charge in [-0.3, -0.25) is 0 Å². The van der Waals surface area contributed by atoms with Crippen molar-refractivity contribution in [2.75, 3.05) is 5.73 Å². The molecular weight excluding hydrogens is 345 g/mol. The molecule has 2 aromatic rings. The molecule has 0 aliphatic heterocycles. The maximum atomic E-state index is 12.6. The number of hydrogen-bond acceptors (Lipinski definition) is 5. The molecule has 110 valence electrons. The van der Waals surface area contributed by atoms with Crippen LogP contribution in [0.5, 0.6) is 0 Å². The number of nitrogen functional groups attached to an aromatic ring is 1. The van der Waals surface area contributed by atoms with Gasteiger partial charge in [0.25, 0.3) is 0 Å². The van der Waals surface area contributed by atoms with Gasteiger partial charge in [0.2, 0.25) is 0 Å². The molecule has 1 aromatic heterocycles. The first-order valence-corrected chi connectivity index (χ1v) is 7.51. The average molecular weight is 351 g/mol. The van der Waals surface area contributed by atoms with Gasteiger partial charge in [0, 0.05) is 0 Å².